The Labute approximate surface area is 160 Å². The number of anilines is 1. The molecule has 3 rings (SSSR count). The van der Waals surface area contributed by atoms with Crippen LogP contribution >= 0.6 is 0 Å². The summed E-state index contributed by atoms with van der Waals surface area (Å²) in [4.78, 5) is 26.5. The van der Waals surface area contributed by atoms with Gasteiger partial charge in [0.15, 0.2) is 0 Å². The largest absolute Gasteiger partial charge is 0.573 e. The van der Waals surface area contributed by atoms with Gasteiger partial charge >= 0.3 is 6.36 Å². The van der Waals surface area contributed by atoms with E-state index in [-0.39, 0.29) is 36.6 Å². The van der Waals surface area contributed by atoms with E-state index in [1.54, 1.807) is 4.90 Å². The predicted molar refractivity (Wildman–Crippen MR) is 96.4 cm³/mol. The maximum Gasteiger partial charge on any atom is 0.573 e. The van der Waals surface area contributed by atoms with Gasteiger partial charge in [-0.25, -0.2) is 0 Å². The third kappa shape index (κ3) is 4.82. The minimum atomic E-state index is -4.77. The van der Waals surface area contributed by atoms with E-state index in [4.69, 9.17) is 0 Å². The Bertz CT molecular complexity index is 838. The molecule has 0 aliphatic carbocycles. The van der Waals surface area contributed by atoms with Gasteiger partial charge in [0, 0.05) is 18.7 Å². The first kappa shape index (κ1) is 19.7. The first-order chi connectivity index (χ1) is 13.2. The molecular weight excluding hydrogens is 373 g/mol. The SMILES string of the molecule is C[C@H](c1ccccc1)N1C[C@H](C(=O)Nc2ccc(OC(F)(F)F)cc2)CC1=O. The van der Waals surface area contributed by atoms with Gasteiger partial charge in [-0.2, -0.15) is 0 Å². The number of hydrogen-bond acceptors (Lipinski definition) is 3. The molecule has 0 bridgehead atoms. The zero-order valence-electron chi connectivity index (χ0n) is 15.1. The van der Waals surface area contributed by atoms with Crippen molar-refractivity contribution < 1.29 is 27.5 Å². The normalized spacial score (nSPS) is 18.1. The summed E-state index contributed by atoms with van der Waals surface area (Å²) in [6, 6.07) is 14.3. The van der Waals surface area contributed by atoms with Crippen LogP contribution in [0.15, 0.2) is 54.6 Å². The van der Waals surface area contributed by atoms with E-state index in [0.29, 0.717) is 5.69 Å². The second-order valence-electron chi connectivity index (χ2n) is 6.60. The van der Waals surface area contributed by atoms with Crippen molar-refractivity contribution in [2.45, 2.75) is 25.7 Å². The quantitative estimate of drug-likeness (QED) is 0.832. The summed E-state index contributed by atoms with van der Waals surface area (Å²) >= 11 is 0. The van der Waals surface area contributed by atoms with Gasteiger partial charge in [0.2, 0.25) is 11.8 Å². The number of benzene rings is 2. The van der Waals surface area contributed by atoms with Gasteiger partial charge in [0.25, 0.3) is 0 Å². The fourth-order valence-corrected chi connectivity index (χ4v) is 3.18. The van der Waals surface area contributed by atoms with Crippen molar-refractivity contribution in [1.82, 2.24) is 4.90 Å². The molecule has 0 unspecified atom stereocenters. The Morgan fingerprint density at radius 2 is 1.79 bits per heavy atom. The molecule has 1 fully saturated rings. The number of halogens is 3. The molecule has 28 heavy (non-hydrogen) atoms. The zero-order valence-corrected chi connectivity index (χ0v) is 15.1. The average molecular weight is 392 g/mol. The lowest BCUT2D eigenvalue weighted by Crippen LogP contribution is -2.30. The molecule has 1 saturated heterocycles. The minimum Gasteiger partial charge on any atom is -0.406 e. The van der Waals surface area contributed by atoms with E-state index in [2.05, 4.69) is 10.1 Å². The van der Waals surface area contributed by atoms with Crippen molar-refractivity contribution in [2.24, 2.45) is 5.92 Å². The van der Waals surface area contributed by atoms with Crippen molar-refractivity contribution in [3.8, 4) is 5.75 Å². The van der Waals surface area contributed by atoms with Gasteiger partial charge in [-0.05, 0) is 36.8 Å². The molecular formula is C20H19F3N2O3. The van der Waals surface area contributed by atoms with Crippen molar-refractivity contribution in [2.75, 3.05) is 11.9 Å². The second-order valence-corrected chi connectivity index (χ2v) is 6.60. The molecule has 0 aromatic heterocycles. The van der Waals surface area contributed by atoms with E-state index in [1.807, 2.05) is 37.3 Å². The molecule has 2 atom stereocenters. The average Bonchev–Trinajstić information content (AvgIpc) is 3.04. The number of rotatable bonds is 5. The van der Waals surface area contributed by atoms with E-state index in [9.17, 15) is 22.8 Å². The fourth-order valence-electron chi connectivity index (χ4n) is 3.18. The lowest BCUT2D eigenvalue weighted by Gasteiger charge is -2.25. The molecule has 0 spiro atoms. The van der Waals surface area contributed by atoms with Gasteiger partial charge in [0.1, 0.15) is 5.75 Å². The molecule has 2 amide bonds. The Hall–Kier alpha value is -3.03. The highest BCUT2D eigenvalue weighted by Gasteiger charge is 2.37. The van der Waals surface area contributed by atoms with Gasteiger partial charge in [-0.3, -0.25) is 9.59 Å². The van der Waals surface area contributed by atoms with Crippen LogP contribution in [0.4, 0.5) is 18.9 Å². The molecule has 148 valence electrons. The predicted octanol–water partition coefficient (Wildman–Crippen LogP) is 4.13. The number of ether oxygens (including phenoxy) is 1. The molecule has 0 saturated carbocycles. The van der Waals surface area contributed by atoms with Crippen LogP contribution in [-0.2, 0) is 9.59 Å². The highest BCUT2D eigenvalue weighted by molar-refractivity contribution is 5.97. The summed E-state index contributed by atoms with van der Waals surface area (Å²) in [6.45, 7) is 2.20. The van der Waals surface area contributed by atoms with E-state index in [0.717, 1.165) is 17.7 Å². The topological polar surface area (TPSA) is 58.6 Å². The summed E-state index contributed by atoms with van der Waals surface area (Å²) < 4.78 is 40.4. The number of carbonyl (C=O) groups excluding carboxylic acids is 2. The third-order valence-electron chi connectivity index (χ3n) is 4.63. The van der Waals surface area contributed by atoms with Crippen molar-refractivity contribution in [1.29, 1.82) is 0 Å². The van der Waals surface area contributed by atoms with Gasteiger partial charge in [0.05, 0.1) is 12.0 Å². The maximum absolute atomic E-state index is 12.5. The van der Waals surface area contributed by atoms with Gasteiger partial charge < -0.3 is 15.0 Å². The lowest BCUT2D eigenvalue weighted by molar-refractivity contribution is -0.274. The number of carbonyl (C=O) groups is 2. The Morgan fingerprint density at radius 1 is 1.14 bits per heavy atom. The Morgan fingerprint density at radius 3 is 2.39 bits per heavy atom. The first-order valence-corrected chi connectivity index (χ1v) is 8.74. The van der Waals surface area contributed by atoms with Crippen molar-refractivity contribution in [3.05, 3.63) is 60.2 Å². The van der Waals surface area contributed by atoms with Gasteiger partial charge in [-0.1, -0.05) is 30.3 Å². The molecule has 2 aromatic carbocycles. The summed E-state index contributed by atoms with van der Waals surface area (Å²) in [6.07, 6.45) is -4.67. The van der Waals surface area contributed by atoms with Crippen LogP contribution in [0.2, 0.25) is 0 Å². The van der Waals surface area contributed by atoms with Crippen LogP contribution < -0.4 is 10.1 Å². The standard InChI is InChI=1S/C20H19F3N2O3/c1-13(14-5-3-2-4-6-14)25-12-15(11-18(25)26)19(27)24-16-7-9-17(10-8-16)28-20(21,22)23/h2-10,13,15H,11-12H2,1H3,(H,24,27)/t13-,15-/m1/s1. The van der Waals surface area contributed by atoms with Crippen LogP contribution in [0.1, 0.15) is 24.9 Å². The van der Waals surface area contributed by atoms with Crippen molar-refractivity contribution in [3.63, 3.8) is 0 Å². The molecule has 2 aromatic rings. The smallest absolute Gasteiger partial charge is 0.406 e. The summed E-state index contributed by atoms with van der Waals surface area (Å²) in [5.74, 6) is -1.35. The highest BCUT2D eigenvalue weighted by atomic mass is 19.4. The Balaban J connectivity index is 1.60. The minimum absolute atomic E-state index is 0.0955. The van der Waals surface area contributed by atoms with Crippen LogP contribution in [-0.4, -0.2) is 29.6 Å². The number of nitrogens with zero attached hydrogens (tertiary/aromatic N) is 1. The number of amides is 2. The molecule has 0 radical (unpaired) electrons. The van der Waals surface area contributed by atoms with Crippen LogP contribution in [0.25, 0.3) is 0 Å². The molecule has 8 heteroatoms. The molecule has 1 N–H and O–H groups in total. The molecule has 5 nitrogen and oxygen atoms in total. The maximum atomic E-state index is 12.5. The van der Waals surface area contributed by atoms with Crippen molar-refractivity contribution >= 4 is 17.5 Å². The van der Waals surface area contributed by atoms with Crippen LogP contribution in [0.3, 0.4) is 0 Å². The Kier molecular flexibility index (Phi) is 5.58. The number of likely N-dealkylation sites (tertiary alicyclic amines) is 1. The van der Waals surface area contributed by atoms with Crippen LogP contribution in [0.5, 0.6) is 5.75 Å². The second kappa shape index (κ2) is 7.92. The first-order valence-electron chi connectivity index (χ1n) is 8.74. The fraction of sp³-hybridized carbons (Fsp3) is 0.300. The highest BCUT2D eigenvalue weighted by Crippen LogP contribution is 2.29. The van der Waals surface area contributed by atoms with Gasteiger partial charge in [-0.15, -0.1) is 13.2 Å². The molecule has 1 aliphatic rings. The summed E-state index contributed by atoms with van der Waals surface area (Å²) in [5, 5.41) is 2.64. The molecule has 1 aliphatic heterocycles. The van der Waals surface area contributed by atoms with E-state index < -0.39 is 12.3 Å². The summed E-state index contributed by atoms with van der Waals surface area (Å²) in [5.41, 5.74) is 1.32. The van der Waals surface area contributed by atoms with E-state index >= 15 is 0 Å². The number of nitrogens with one attached hydrogen (secondary N) is 1. The third-order valence-corrected chi connectivity index (χ3v) is 4.63. The zero-order chi connectivity index (χ0) is 20.3. The summed E-state index contributed by atoms with van der Waals surface area (Å²) in [7, 11) is 0. The number of alkyl halides is 3. The number of hydrogen-bond donors (Lipinski definition) is 1. The lowest BCUT2D eigenvalue weighted by atomic mass is 10.1. The molecule has 1 heterocycles. The monoisotopic (exact) mass is 392 g/mol. The van der Waals surface area contributed by atoms with E-state index in [1.165, 1.54) is 12.1 Å². The van der Waals surface area contributed by atoms with Crippen LogP contribution in [0, 0.1) is 5.92 Å².